The Kier molecular flexibility index (Phi) is 4.69. The summed E-state index contributed by atoms with van der Waals surface area (Å²) in [6.45, 7) is 4.30. The molecule has 2 aliphatic heterocycles. The van der Waals surface area contributed by atoms with Gasteiger partial charge in [-0.3, -0.25) is 9.78 Å². The molecule has 5 heteroatoms. The van der Waals surface area contributed by atoms with Crippen LogP contribution in [-0.4, -0.2) is 66.1 Å². The van der Waals surface area contributed by atoms with E-state index in [0.29, 0.717) is 11.6 Å². The van der Waals surface area contributed by atoms with Gasteiger partial charge in [-0.05, 0) is 58.8 Å². The third-order valence-corrected chi connectivity index (χ3v) is 5.32. The number of carbonyl (C=O) groups excluding carboxylic acids is 1. The topological polar surface area (TPSA) is 45.7 Å². The first-order chi connectivity index (χ1) is 11.0. The fourth-order valence-electron chi connectivity index (χ4n) is 3.69. The fourth-order valence-corrected chi connectivity index (χ4v) is 3.69. The van der Waals surface area contributed by atoms with Crippen molar-refractivity contribution in [2.24, 2.45) is 0 Å². The van der Waals surface area contributed by atoms with Crippen LogP contribution in [0.2, 0.25) is 0 Å². The van der Waals surface area contributed by atoms with Crippen LogP contribution in [0.1, 0.15) is 41.7 Å². The molecule has 23 heavy (non-hydrogen) atoms. The van der Waals surface area contributed by atoms with Gasteiger partial charge in [0.2, 0.25) is 0 Å². The smallest absolute Gasteiger partial charge is 0.255 e. The average Bonchev–Trinajstić information content (AvgIpc) is 2.56. The van der Waals surface area contributed by atoms with Crippen molar-refractivity contribution < 1.29 is 9.53 Å². The van der Waals surface area contributed by atoms with Crippen LogP contribution >= 0.6 is 0 Å². The number of nitrogens with zero attached hydrogens (tertiary/aromatic N) is 3. The lowest BCUT2D eigenvalue weighted by molar-refractivity contribution is -0.125. The number of hydrogen-bond acceptors (Lipinski definition) is 4. The summed E-state index contributed by atoms with van der Waals surface area (Å²) in [7, 11) is 4.29. The van der Waals surface area contributed by atoms with Crippen LogP contribution in [0.15, 0.2) is 18.3 Å². The predicted octanol–water partition coefficient (Wildman–Crippen LogP) is 2.11. The van der Waals surface area contributed by atoms with Gasteiger partial charge in [0.1, 0.15) is 0 Å². The van der Waals surface area contributed by atoms with Gasteiger partial charge >= 0.3 is 0 Å². The molecule has 0 N–H and O–H groups in total. The van der Waals surface area contributed by atoms with Gasteiger partial charge in [0.25, 0.3) is 5.91 Å². The number of likely N-dealkylation sites (tertiary alicyclic amines) is 1. The highest BCUT2D eigenvalue weighted by molar-refractivity contribution is 5.94. The monoisotopic (exact) mass is 317 g/mol. The number of aryl methyl sites for hydroxylation is 1. The van der Waals surface area contributed by atoms with Gasteiger partial charge in [0.05, 0.1) is 11.2 Å². The van der Waals surface area contributed by atoms with Crippen LogP contribution in [-0.2, 0) is 4.74 Å². The molecular weight excluding hydrogens is 290 g/mol. The number of ether oxygens (including phenoxy) is 1. The molecule has 1 amide bonds. The highest BCUT2D eigenvalue weighted by Crippen LogP contribution is 2.36. The Morgan fingerprint density at radius 2 is 2.09 bits per heavy atom. The lowest BCUT2D eigenvalue weighted by atomic mass is 9.82. The maximum atomic E-state index is 12.6. The Balaban J connectivity index is 1.61. The Morgan fingerprint density at radius 3 is 2.70 bits per heavy atom. The third kappa shape index (κ3) is 3.56. The normalized spacial score (nSPS) is 24.2. The molecule has 1 spiro atoms. The van der Waals surface area contributed by atoms with Crippen LogP contribution in [0.3, 0.4) is 0 Å². The standard InChI is InChI=1S/C18H27N3O2/c1-14-4-5-15(13-19-14)17(22)21-9-7-18(8-10-21)12-16(20(2)3)6-11-23-18/h4-5,13,16H,6-12H2,1-3H3. The molecule has 0 bridgehead atoms. The maximum absolute atomic E-state index is 12.6. The van der Waals surface area contributed by atoms with Gasteiger partial charge in [0, 0.05) is 37.6 Å². The van der Waals surface area contributed by atoms with E-state index in [-0.39, 0.29) is 11.5 Å². The number of amides is 1. The Bertz CT molecular complexity index is 548. The summed E-state index contributed by atoms with van der Waals surface area (Å²) in [5, 5.41) is 0. The van der Waals surface area contributed by atoms with Crippen molar-refractivity contribution >= 4 is 5.91 Å². The summed E-state index contributed by atoms with van der Waals surface area (Å²) in [4.78, 5) is 21.1. The predicted molar refractivity (Wildman–Crippen MR) is 89.5 cm³/mol. The maximum Gasteiger partial charge on any atom is 0.255 e. The Morgan fingerprint density at radius 1 is 1.35 bits per heavy atom. The van der Waals surface area contributed by atoms with Gasteiger partial charge in [-0.2, -0.15) is 0 Å². The molecule has 0 aliphatic carbocycles. The van der Waals surface area contributed by atoms with Crippen molar-refractivity contribution in [1.29, 1.82) is 0 Å². The third-order valence-electron chi connectivity index (χ3n) is 5.32. The molecule has 1 aromatic heterocycles. The first-order valence-electron chi connectivity index (χ1n) is 8.51. The molecule has 2 saturated heterocycles. The summed E-state index contributed by atoms with van der Waals surface area (Å²) in [6.07, 6.45) is 5.73. The first-order valence-corrected chi connectivity index (χ1v) is 8.51. The van der Waals surface area contributed by atoms with Gasteiger partial charge in [0.15, 0.2) is 0 Å². The second-order valence-electron chi connectivity index (χ2n) is 7.12. The van der Waals surface area contributed by atoms with Crippen LogP contribution in [0.5, 0.6) is 0 Å². The minimum Gasteiger partial charge on any atom is -0.375 e. The van der Waals surface area contributed by atoms with E-state index in [1.165, 1.54) is 0 Å². The van der Waals surface area contributed by atoms with E-state index in [1.54, 1.807) is 6.20 Å². The first kappa shape index (κ1) is 16.4. The van der Waals surface area contributed by atoms with Crippen LogP contribution in [0.4, 0.5) is 0 Å². The molecule has 1 unspecified atom stereocenters. The molecule has 3 rings (SSSR count). The number of rotatable bonds is 2. The van der Waals surface area contributed by atoms with E-state index in [4.69, 9.17) is 4.74 Å². The molecular formula is C18H27N3O2. The summed E-state index contributed by atoms with van der Waals surface area (Å²) >= 11 is 0. The SMILES string of the molecule is Cc1ccc(C(=O)N2CCC3(CC2)CC(N(C)C)CCO3)cn1. The zero-order valence-corrected chi connectivity index (χ0v) is 14.4. The van der Waals surface area contributed by atoms with E-state index in [1.807, 2.05) is 24.0 Å². The summed E-state index contributed by atoms with van der Waals surface area (Å²) in [5.41, 5.74) is 1.59. The van der Waals surface area contributed by atoms with E-state index >= 15 is 0 Å². The van der Waals surface area contributed by atoms with Crippen molar-refractivity contribution in [2.45, 2.75) is 44.2 Å². The lowest BCUT2D eigenvalue weighted by Crippen LogP contribution is -2.53. The lowest BCUT2D eigenvalue weighted by Gasteiger charge is -2.47. The zero-order chi connectivity index (χ0) is 16.4. The van der Waals surface area contributed by atoms with Crippen molar-refractivity contribution in [3.8, 4) is 0 Å². The van der Waals surface area contributed by atoms with Crippen LogP contribution in [0.25, 0.3) is 0 Å². The average molecular weight is 317 g/mol. The summed E-state index contributed by atoms with van der Waals surface area (Å²) in [6, 6.07) is 4.35. The summed E-state index contributed by atoms with van der Waals surface area (Å²) < 4.78 is 6.16. The quantitative estimate of drug-likeness (QED) is 0.838. The van der Waals surface area contributed by atoms with Crippen molar-refractivity contribution in [3.63, 3.8) is 0 Å². The molecule has 2 fully saturated rings. The molecule has 3 heterocycles. The highest BCUT2D eigenvalue weighted by atomic mass is 16.5. The van der Waals surface area contributed by atoms with E-state index < -0.39 is 0 Å². The second kappa shape index (κ2) is 6.57. The minimum absolute atomic E-state index is 0.0322. The van der Waals surface area contributed by atoms with Gasteiger partial charge in [-0.25, -0.2) is 0 Å². The van der Waals surface area contributed by atoms with Gasteiger partial charge in [-0.1, -0.05) is 0 Å². The number of pyridine rings is 1. The molecule has 1 aromatic rings. The molecule has 2 aliphatic rings. The van der Waals surface area contributed by atoms with Crippen LogP contribution in [0, 0.1) is 6.92 Å². The fraction of sp³-hybridized carbons (Fsp3) is 0.667. The molecule has 1 atom stereocenters. The zero-order valence-electron chi connectivity index (χ0n) is 14.4. The van der Waals surface area contributed by atoms with E-state index in [2.05, 4.69) is 24.0 Å². The molecule has 126 valence electrons. The molecule has 0 aromatic carbocycles. The molecule has 0 saturated carbocycles. The van der Waals surface area contributed by atoms with Crippen molar-refractivity contribution in [3.05, 3.63) is 29.6 Å². The number of aromatic nitrogens is 1. The Hall–Kier alpha value is -1.46. The van der Waals surface area contributed by atoms with Crippen molar-refractivity contribution in [1.82, 2.24) is 14.8 Å². The Labute approximate surface area is 138 Å². The van der Waals surface area contributed by atoms with E-state index in [9.17, 15) is 4.79 Å². The molecule has 5 nitrogen and oxygen atoms in total. The number of hydrogen-bond donors (Lipinski definition) is 0. The summed E-state index contributed by atoms with van der Waals surface area (Å²) in [5.74, 6) is 0.0901. The minimum atomic E-state index is -0.0322. The molecule has 0 radical (unpaired) electrons. The van der Waals surface area contributed by atoms with Gasteiger partial charge < -0.3 is 14.5 Å². The van der Waals surface area contributed by atoms with Crippen molar-refractivity contribution in [2.75, 3.05) is 33.8 Å². The van der Waals surface area contributed by atoms with E-state index in [0.717, 1.165) is 51.1 Å². The van der Waals surface area contributed by atoms with Crippen LogP contribution < -0.4 is 0 Å². The van der Waals surface area contributed by atoms with Gasteiger partial charge in [-0.15, -0.1) is 0 Å². The number of piperidine rings is 1. The number of carbonyl (C=O) groups is 1. The second-order valence-corrected chi connectivity index (χ2v) is 7.12. The highest BCUT2D eigenvalue weighted by Gasteiger charge is 2.41. The largest absolute Gasteiger partial charge is 0.375 e.